The van der Waals surface area contributed by atoms with Crippen LogP contribution < -0.4 is 15.2 Å². The van der Waals surface area contributed by atoms with Gasteiger partial charge in [0.15, 0.2) is 11.5 Å². The van der Waals surface area contributed by atoms with Gasteiger partial charge in [-0.05, 0) is 54.4 Å². The number of alkyl halides is 6. The maximum Gasteiger partial charge on any atom is 0.416 e. The Morgan fingerprint density at radius 3 is 1.91 bits per heavy atom. The molecule has 0 aliphatic carbocycles. The molecule has 0 bridgehead atoms. The van der Waals surface area contributed by atoms with E-state index < -0.39 is 29.4 Å². The van der Waals surface area contributed by atoms with E-state index in [-0.39, 0.29) is 35.1 Å². The highest BCUT2D eigenvalue weighted by Crippen LogP contribution is 2.39. The van der Waals surface area contributed by atoms with E-state index in [4.69, 9.17) is 15.2 Å². The van der Waals surface area contributed by atoms with Crippen molar-refractivity contribution in [3.05, 3.63) is 70.4 Å². The Labute approximate surface area is 190 Å². The van der Waals surface area contributed by atoms with Crippen LogP contribution in [0.3, 0.4) is 0 Å². The number of ether oxygens (including phenoxy) is 2. The van der Waals surface area contributed by atoms with Crippen LogP contribution in [0.4, 0.5) is 26.3 Å². The summed E-state index contributed by atoms with van der Waals surface area (Å²) in [5.41, 5.74) is 2.93. The molecule has 1 amide bonds. The maximum atomic E-state index is 13.4. The van der Waals surface area contributed by atoms with Gasteiger partial charge in [0.05, 0.1) is 30.9 Å². The largest absolute Gasteiger partial charge is 0.493 e. The molecule has 5 nitrogen and oxygen atoms in total. The minimum Gasteiger partial charge on any atom is -0.493 e. The summed E-state index contributed by atoms with van der Waals surface area (Å²) in [4.78, 5) is 11.9. The van der Waals surface area contributed by atoms with Gasteiger partial charge in [0, 0.05) is 17.9 Å². The van der Waals surface area contributed by atoms with E-state index in [0.29, 0.717) is 29.2 Å². The molecule has 3 rings (SSSR count). The van der Waals surface area contributed by atoms with Crippen molar-refractivity contribution in [2.45, 2.75) is 25.8 Å². The van der Waals surface area contributed by atoms with E-state index >= 15 is 0 Å². The quantitative estimate of drug-likeness (QED) is 0.457. The second-order valence-electron chi connectivity index (χ2n) is 7.46. The van der Waals surface area contributed by atoms with E-state index in [1.807, 2.05) is 0 Å². The summed E-state index contributed by atoms with van der Waals surface area (Å²) in [7, 11) is 2.86. The fraction of sp³-hybridized carbons (Fsp3) is 0.261. The van der Waals surface area contributed by atoms with Crippen molar-refractivity contribution in [1.29, 1.82) is 0 Å². The summed E-state index contributed by atoms with van der Waals surface area (Å²) in [6.45, 7) is 1.51. The monoisotopic (exact) mass is 486 g/mol. The third-order valence-corrected chi connectivity index (χ3v) is 5.30. The van der Waals surface area contributed by atoms with E-state index in [1.165, 1.54) is 31.8 Å². The van der Waals surface area contributed by atoms with Crippen LogP contribution in [0.25, 0.3) is 11.3 Å². The second-order valence-corrected chi connectivity index (χ2v) is 7.46. The number of nitrogens with two attached hydrogens (primary N) is 1. The Hall–Kier alpha value is -3.63. The fourth-order valence-electron chi connectivity index (χ4n) is 3.60. The van der Waals surface area contributed by atoms with Gasteiger partial charge in [-0.3, -0.25) is 4.79 Å². The molecule has 0 unspecified atom stereocenters. The molecule has 0 saturated heterocycles. The summed E-state index contributed by atoms with van der Waals surface area (Å²) in [5, 5.41) is 0. The van der Waals surface area contributed by atoms with Crippen LogP contribution in [0.1, 0.15) is 32.7 Å². The molecule has 3 aromatic rings. The molecule has 1 aromatic heterocycles. The number of carbonyl (C=O) groups excluding carboxylic acids is 1. The predicted octanol–water partition coefficient (Wildman–Crippen LogP) is 5.67. The number of benzene rings is 2. The first-order chi connectivity index (χ1) is 15.8. The lowest BCUT2D eigenvalue weighted by Crippen LogP contribution is -2.13. The lowest BCUT2D eigenvalue weighted by atomic mass is 10.0. The van der Waals surface area contributed by atoms with Gasteiger partial charge >= 0.3 is 12.4 Å². The molecule has 11 heteroatoms. The molecular weight excluding hydrogens is 466 g/mol. The molecule has 2 N–H and O–H groups in total. The van der Waals surface area contributed by atoms with E-state index in [1.54, 1.807) is 18.2 Å². The van der Waals surface area contributed by atoms with Crippen LogP contribution in [0.5, 0.6) is 11.5 Å². The number of aromatic nitrogens is 1. The first kappa shape index (κ1) is 25.0. The highest BCUT2D eigenvalue weighted by atomic mass is 19.4. The summed E-state index contributed by atoms with van der Waals surface area (Å²) in [6.07, 6.45) is -10.0. The molecule has 0 spiro atoms. The number of hydrogen-bond acceptors (Lipinski definition) is 3. The molecular formula is C23H20F6N2O3. The lowest BCUT2D eigenvalue weighted by molar-refractivity contribution is -0.143. The van der Waals surface area contributed by atoms with Crippen LogP contribution in [0, 0.1) is 6.92 Å². The van der Waals surface area contributed by atoms with Crippen LogP contribution in [0.2, 0.25) is 0 Å². The van der Waals surface area contributed by atoms with E-state index in [9.17, 15) is 31.1 Å². The Morgan fingerprint density at radius 2 is 1.44 bits per heavy atom. The molecule has 0 aliphatic heterocycles. The van der Waals surface area contributed by atoms with Gasteiger partial charge in [-0.1, -0.05) is 6.07 Å². The predicted molar refractivity (Wildman–Crippen MR) is 112 cm³/mol. The minimum atomic E-state index is -5.02. The van der Waals surface area contributed by atoms with Gasteiger partial charge in [0.2, 0.25) is 0 Å². The van der Waals surface area contributed by atoms with Crippen LogP contribution in [-0.4, -0.2) is 24.7 Å². The number of nitrogens with zero attached hydrogens (tertiary/aromatic N) is 1. The molecule has 0 radical (unpaired) electrons. The molecule has 0 saturated carbocycles. The van der Waals surface area contributed by atoms with Crippen molar-refractivity contribution in [2.24, 2.45) is 5.73 Å². The Bertz CT molecular complexity index is 1200. The van der Waals surface area contributed by atoms with Crippen LogP contribution >= 0.6 is 0 Å². The van der Waals surface area contributed by atoms with E-state index in [0.717, 1.165) is 0 Å². The number of amides is 1. The summed E-state index contributed by atoms with van der Waals surface area (Å²) in [5.74, 6) is -0.0611. The van der Waals surface area contributed by atoms with Gasteiger partial charge in [0.1, 0.15) is 0 Å². The zero-order valence-electron chi connectivity index (χ0n) is 18.3. The van der Waals surface area contributed by atoms with Gasteiger partial charge in [-0.2, -0.15) is 26.3 Å². The molecule has 0 fully saturated rings. The van der Waals surface area contributed by atoms with Crippen LogP contribution in [-0.2, 0) is 18.9 Å². The van der Waals surface area contributed by atoms with Gasteiger partial charge < -0.3 is 19.8 Å². The zero-order chi connectivity index (χ0) is 25.4. The maximum absolute atomic E-state index is 13.4. The molecule has 1 heterocycles. The SMILES string of the molecule is COc1ccc(Cn2c(-c3cc(C(F)(F)F)cc(C(F)(F)F)c3)cc(C(N)=O)c2C)cc1OC. The van der Waals surface area contributed by atoms with Crippen molar-refractivity contribution in [3.8, 4) is 22.8 Å². The van der Waals surface area contributed by atoms with Gasteiger partial charge in [-0.25, -0.2) is 0 Å². The summed E-state index contributed by atoms with van der Waals surface area (Å²) < 4.78 is 92.2. The number of rotatable bonds is 6. The van der Waals surface area contributed by atoms with Gasteiger partial charge in [-0.15, -0.1) is 0 Å². The second kappa shape index (κ2) is 8.96. The third-order valence-electron chi connectivity index (χ3n) is 5.30. The molecule has 0 aliphatic rings. The Morgan fingerprint density at radius 1 is 0.882 bits per heavy atom. The molecule has 0 atom stereocenters. The Kier molecular flexibility index (Phi) is 6.59. The number of hydrogen-bond donors (Lipinski definition) is 1. The minimum absolute atomic E-state index is 0.00635. The normalized spacial score (nSPS) is 12.0. The number of primary amides is 1. The lowest BCUT2D eigenvalue weighted by Gasteiger charge is -2.17. The number of methoxy groups -OCH3 is 2. The fourth-order valence-corrected chi connectivity index (χ4v) is 3.60. The molecule has 2 aromatic carbocycles. The smallest absolute Gasteiger partial charge is 0.416 e. The van der Waals surface area contributed by atoms with E-state index in [2.05, 4.69) is 0 Å². The third kappa shape index (κ3) is 4.97. The van der Waals surface area contributed by atoms with Crippen molar-refractivity contribution in [3.63, 3.8) is 0 Å². The van der Waals surface area contributed by atoms with Crippen molar-refractivity contribution < 1.29 is 40.6 Å². The van der Waals surface area contributed by atoms with Crippen LogP contribution in [0.15, 0.2) is 42.5 Å². The highest BCUT2D eigenvalue weighted by molar-refractivity contribution is 5.95. The van der Waals surface area contributed by atoms with Crippen molar-refractivity contribution >= 4 is 5.91 Å². The van der Waals surface area contributed by atoms with Crippen molar-refractivity contribution in [1.82, 2.24) is 4.57 Å². The highest BCUT2D eigenvalue weighted by Gasteiger charge is 2.37. The Balaban J connectivity index is 2.24. The average Bonchev–Trinajstić information content (AvgIpc) is 3.08. The summed E-state index contributed by atoms with van der Waals surface area (Å²) in [6, 6.07) is 7.33. The standard InChI is InChI=1S/C23H20F6N2O3/c1-12-17(21(30)32)10-18(31(12)11-13-4-5-19(33-2)20(6-13)34-3)14-7-15(22(24,25)26)9-16(8-14)23(27,28)29/h4-10H,11H2,1-3H3,(H2,30,32). The molecule has 182 valence electrons. The topological polar surface area (TPSA) is 66.5 Å². The summed E-state index contributed by atoms with van der Waals surface area (Å²) >= 11 is 0. The zero-order valence-corrected chi connectivity index (χ0v) is 18.3. The molecule has 34 heavy (non-hydrogen) atoms. The first-order valence-corrected chi connectivity index (χ1v) is 9.77. The number of carbonyl (C=O) groups is 1. The van der Waals surface area contributed by atoms with Gasteiger partial charge in [0.25, 0.3) is 5.91 Å². The number of halogens is 6. The first-order valence-electron chi connectivity index (χ1n) is 9.77. The average molecular weight is 486 g/mol. The van der Waals surface area contributed by atoms with Crippen molar-refractivity contribution in [2.75, 3.05) is 14.2 Å².